The standard InChI is InChI=1S/C11H15FN2OS/c12-9-5-1-2-6-10(9)16-8-4-3-7-11(15)14-13/h1-2,5-6H,3-4,7-8,13H2,(H,14,15). The predicted octanol–water partition coefficient (Wildman–Crippen LogP) is 2.08. The molecule has 0 fully saturated rings. The Morgan fingerprint density at radius 3 is 2.81 bits per heavy atom. The van der Waals surface area contributed by atoms with E-state index >= 15 is 0 Å². The van der Waals surface area contributed by atoms with Gasteiger partial charge in [-0.15, -0.1) is 11.8 Å². The molecule has 16 heavy (non-hydrogen) atoms. The molecule has 1 aromatic carbocycles. The van der Waals surface area contributed by atoms with Gasteiger partial charge in [0.2, 0.25) is 5.91 Å². The first-order valence-corrected chi connectivity index (χ1v) is 6.09. The normalized spacial score (nSPS) is 10.1. The number of thioether (sulfide) groups is 1. The molecule has 0 aromatic heterocycles. The molecule has 1 amide bonds. The summed E-state index contributed by atoms with van der Waals surface area (Å²) in [7, 11) is 0. The Bertz CT molecular complexity index is 347. The van der Waals surface area contributed by atoms with Gasteiger partial charge in [-0.05, 0) is 30.7 Å². The zero-order valence-electron chi connectivity index (χ0n) is 8.91. The van der Waals surface area contributed by atoms with Crippen molar-refractivity contribution >= 4 is 17.7 Å². The summed E-state index contributed by atoms with van der Waals surface area (Å²) in [6, 6.07) is 6.69. The summed E-state index contributed by atoms with van der Waals surface area (Å²) in [5, 5.41) is 0. The van der Waals surface area contributed by atoms with Crippen LogP contribution in [0.4, 0.5) is 4.39 Å². The van der Waals surface area contributed by atoms with E-state index in [1.54, 1.807) is 12.1 Å². The lowest BCUT2D eigenvalue weighted by Gasteiger charge is -2.02. The average Bonchev–Trinajstić information content (AvgIpc) is 2.30. The van der Waals surface area contributed by atoms with Crippen molar-refractivity contribution in [2.75, 3.05) is 5.75 Å². The van der Waals surface area contributed by atoms with Gasteiger partial charge in [-0.25, -0.2) is 10.2 Å². The van der Waals surface area contributed by atoms with Gasteiger partial charge in [0.15, 0.2) is 0 Å². The molecule has 3 nitrogen and oxygen atoms in total. The van der Waals surface area contributed by atoms with Crippen molar-refractivity contribution in [3.8, 4) is 0 Å². The number of hydrogen-bond donors (Lipinski definition) is 2. The number of hydrazine groups is 1. The summed E-state index contributed by atoms with van der Waals surface area (Å²) in [5.74, 6) is 5.40. The lowest BCUT2D eigenvalue weighted by molar-refractivity contribution is -0.121. The minimum Gasteiger partial charge on any atom is -0.294 e. The molecule has 0 heterocycles. The summed E-state index contributed by atoms with van der Waals surface area (Å²) in [5.41, 5.74) is 2.08. The van der Waals surface area contributed by atoms with Crippen LogP contribution in [0.3, 0.4) is 0 Å². The van der Waals surface area contributed by atoms with Gasteiger partial charge in [0.1, 0.15) is 5.82 Å². The van der Waals surface area contributed by atoms with Gasteiger partial charge < -0.3 is 0 Å². The molecule has 0 saturated heterocycles. The summed E-state index contributed by atoms with van der Waals surface area (Å²) in [4.78, 5) is 11.5. The summed E-state index contributed by atoms with van der Waals surface area (Å²) >= 11 is 1.47. The zero-order chi connectivity index (χ0) is 11.8. The van der Waals surface area contributed by atoms with Crippen molar-refractivity contribution in [2.45, 2.75) is 24.2 Å². The topological polar surface area (TPSA) is 55.1 Å². The highest BCUT2D eigenvalue weighted by Gasteiger charge is 2.01. The lowest BCUT2D eigenvalue weighted by Crippen LogP contribution is -2.29. The van der Waals surface area contributed by atoms with Gasteiger partial charge in [-0.3, -0.25) is 10.2 Å². The molecule has 0 bridgehead atoms. The molecule has 1 aromatic rings. The largest absolute Gasteiger partial charge is 0.294 e. The molecule has 5 heteroatoms. The van der Waals surface area contributed by atoms with E-state index in [2.05, 4.69) is 5.43 Å². The Morgan fingerprint density at radius 1 is 1.38 bits per heavy atom. The number of amides is 1. The molecule has 1 rings (SSSR count). The SMILES string of the molecule is NNC(=O)CCCCSc1ccccc1F. The second-order valence-corrected chi connectivity index (χ2v) is 4.44. The Morgan fingerprint density at radius 2 is 2.12 bits per heavy atom. The van der Waals surface area contributed by atoms with E-state index in [1.807, 2.05) is 6.07 Å². The summed E-state index contributed by atoms with van der Waals surface area (Å²) in [6.45, 7) is 0. The van der Waals surface area contributed by atoms with Gasteiger partial charge in [-0.1, -0.05) is 12.1 Å². The maximum Gasteiger partial charge on any atom is 0.233 e. The minimum absolute atomic E-state index is 0.157. The second-order valence-electron chi connectivity index (χ2n) is 3.30. The Balaban J connectivity index is 2.17. The first-order valence-electron chi connectivity index (χ1n) is 5.11. The fourth-order valence-electron chi connectivity index (χ4n) is 1.20. The van der Waals surface area contributed by atoms with Gasteiger partial charge in [0, 0.05) is 11.3 Å². The van der Waals surface area contributed by atoms with Crippen LogP contribution in [0.5, 0.6) is 0 Å². The van der Waals surface area contributed by atoms with E-state index in [-0.39, 0.29) is 11.7 Å². The second kappa shape index (κ2) is 7.24. The molecule has 0 aliphatic carbocycles. The van der Waals surface area contributed by atoms with E-state index in [9.17, 15) is 9.18 Å². The fraction of sp³-hybridized carbons (Fsp3) is 0.364. The summed E-state index contributed by atoms with van der Waals surface area (Å²) in [6.07, 6.45) is 2.06. The van der Waals surface area contributed by atoms with E-state index in [0.29, 0.717) is 11.3 Å². The maximum atomic E-state index is 13.2. The predicted molar refractivity (Wildman–Crippen MR) is 63.3 cm³/mol. The quantitative estimate of drug-likeness (QED) is 0.264. The van der Waals surface area contributed by atoms with E-state index < -0.39 is 0 Å². The molecule has 0 atom stereocenters. The van der Waals surface area contributed by atoms with Gasteiger partial charge in [0.25, 0.3) is 0 Å². The monoisotopic (exact) mass is 242 g/mol. The molecule has 0 unspecified atom stereocenters. The lowest BCUT2D eigenvalue weighted by atomic mass is 10.2. The van der Waals surface area contributed by atoms with Crippen LogP contribution in [0, 0.1) is 5.82 Å². The molecule has 0 saturated carbocycles. The Hall–Kier alpha value is -1.07. The molecular weight excluding hydrogens is 227 g/mol. The van der Waals surface area contributed by atoms with Crippen LogP contribution in [-0.4, -0.2) is 11.7 Å². The molecule has 0 radical (unpaired) electrons. The fourth-order valence-corrected chi connectivity index (χ4v) is 2.15. The van der Waals surface area contributed by atoms with Crippen LogP contribution < -0.4 is 11.3 Å². The van der Waals surface area contributed by atoms with Crippen LogP contribution in [0.15, 0.2) is 29.2 Å². The number of halogens is 1. The number of nitrogens with two attached hydrogens (primary N) is 1. The Kier molecular flexibility index (Phi) is 5.88. The van der Waals surface area contributed by atoms with Crippen molar-refractivity contribution in [3.63, 3.8) is 0 Å². The third-order valence-electron chi connectivity index (χ3n) is 2.05. The third kappa shape index (κ3) is 4.63. The molecule has 0 aliphatic heterocycles. The van der Waals surface area contributed by atoms with Crippen molar-refractivity contribution in [1.29, 1.82) is 0 Å². The molecule has 0 spiro atoms. The van der Waals surface area contributed by atoms with Gasteiger partial charge in [-0.2, -0.15) is 0 Å². The average molecular weight is 242 g/mol. The van der Waals surface area contributed by atoms with Crippen molar-refractivity contribution in [3.05, 3.63) is 30.1 Å². The Labute approximate surface area is 98.6 Å². The van der Waals surface area contributed by atoms with Crippen LogP contribution in [0.25, 0.3) is 0 Å². The number of carbonyl (C=O) groups excluding carboxylic acids is 1. The van der Waals surface area contributed by atoms with Crippen molar-refractivity contribution in [2.24, 2.45) is 5.84 Å². The number of rotatable bonds is 6. The number of hydrogen-bond acceptors (Lipinski definition) is 3. The number of unbranched alkanes of at least 4 members (excludes halogenated alkanes) is 1. The zero-order valence-corrected chi connectivity index (χ0v) is 9.73. The van der Waals surface area contributed by atoms with Crippen LogP contribution in [0.1, 0.15) is 19.3 Å². The van der Waals surface area contributed by atoms with Gasteiger partial charge >= 0.3 is 0 Å². The highest BCUT2D eigenvalue weighted by atomic mass is 32.2. The van der Waals surface area contributed by atoms with E-state index in [1.165, 1.54) is 17.8 Å². The number of carbonyl (C=O) groups is 1. The maximum absolute atomic E-state index is 13.2. The highest BCUT2D eigenvalue weighted by Crippen LogP contribution is 2.22. The van der Waals surface area contributed by atoms with Crippen LogP contribution >= 0.6 is 11.8 Å². The molecular formula is C11H15FN2OS. The van der Waals surface area contributed by atoms with Crippen LogP contribution in [0.2, 0.25) is 0 Å². The smallest absolute Gasteiger partial charge is 0.233 e. The first kappa shape index (κ1) is 13.0. The molecule has 0 aliphatic rings. The third-order valence-corrected chi connectivity index (χ3v) is 3.19. The van der Waals surface area contributed by atoms with Crippen molar-refractivity contribution in [1.82, 2.24) is 5.43 Å². The first-order chi connectivity index (χ1) is 7.74. The molecule has 88 valence electrons. The minimum atomic E-state index is -0.188. The number of benzene rings is 1. The summed E-state index contributed by atoms with van der Waals surface area (Å²) < 4.78 is 13.2. The van der Waals surface area contributed by atoms with Crippen molar-refractivity contribution < 1.29 is 9.18 Å². The number of nitrogens with one attached hydrogen (secondary N) is 1. The van der Waals surface area contributed by atoms with Gasteiger partial charge in [0.05, 0.1) is 0 Å². The van der Waals surface area contributed by atoms with E-state index in [0.717, 1.165) is 18.6 Å². The van der Waals surface area contributed by atoms with E-state index in [4.69, 9.17) is 5.84 Å². The molecule has 3 N–H and O–H groups in total. The van der Waals surface area contributed by atoms with Crippen LogP contribution in [-0.2, 0) is 4.79 Å². The highest BCUT2D eigenvalue weighted by molar-refractivity contribution is 7.99.